The zero-order chi connectivity index (χ0) is 21.3. The maximum Gasteiger partial charge on any atom is 0.416 e. The first-order valence-electron chi connectivity index (χ1n) is 9.41. The van der Waals surface area contributed by atoms with E-state index < -0.39 is 17.6 Å². The quantitative estimate of drug-likeness (QED) is 0.633. The largest absolute Gasteiger partial charge is 0.416 e. The first kappa shape index (κ1) is 20.1. The number of pyridine rings is 1. The van der Waals surface area contributed by atoms with Crippen LogP contribution in [0.1, 0.15) is 27.9 Å². The number of benzene rings is 1. The number of aromatic nitrogens is 3. The lowest BCUT2D eigenvalue weighted by atomic mass is 10.0. The third-order valence-electron chi connectivity index (χ3n) is 5.05. The number of rotatable bonds is 4. The van der Waals surface area contributed by atoms with E-state index in [-0.39, 0.29) is 12.1 Å². The van der Waals surface area contributed by atoms with E-state index in [4.69, 9.17) is 0 Å². The Balaban J connectivity index is 1.57. The molecule has 1 aliphatic rings. The molecule has 0 spiro atoms. The average molecular weight is 417 g/mol. The zero-order valence-electron chi connectivity index (χ0n) is 16.2. The predicted molar refractivity (Wildman–Crippen MR) is 104 cm³/mol. The Morgan fingerprint density at radius 3 is 2.67 bits per heavy atom. The zero-order valence-corrected chi connectivity index (χ0v) is 16.2. The van der Waals surface area contributed by atoms with Crippen molar-refractivity contribution < 1.29 is 17.6 Å². The van der Waals surface area contributed by atoms with Crippen molar-refractivity contribution in [1.29, 1.82) is 0 Å². The highest BCUT2D eigenvalue weighted by Crippen LogP contribution is 2.33. The van der Waals surface area contributed by atoms with Crippen LogP contribution in [0.3, 0.4) is 0 Å². The van der Waals surface area contributed by atoms with Gasteiger partial charge in [-0.3, -0.25) is 0 Å². The first-order valence-corrected chi connectivity index (χ1v) is 9.41. The molecule has 2 aromatic heterocycles. The second-order valence-electron chi connectivity index (χ2n) is 7.17. The summed E-state index contributed by atoms with van der Waals surface area (Å²) in [5, 5.41) is 2.98. The number of alkyl halides is 3. The maximum absolute atomic E-state index is 13.3. The van der Waals surface area contributed by atoms with Crippen LogP contribution >= 0.6 is 0 Å². The molecule has 0 saturated carbocycles. The number of nitrogens with one attached hydrogen (secondary N) is 1. The Morgan fingerprint density at radius 1 is 1.10 bits per heavy atom. The average Bonchev–Trinajstić information content (AvgIpc) is 2.72. The standard InChI is InChI=1S/C21H19F4N5/c1-13-2-5-19(26-9-13)30-7-6-18-16(11-30)20(29-12-28-18)27-10-14-3-4-15(22)8-17(14)21(23,24)25/h2-5,8-9,12H,6-7,10-11H2,1H3,(H,27,28,29). The van der Waals surface area contributed by atoms with Gasteiger partial charge in [0.15, 0.2) is 0 Å². The van der Waals surface area contributed by atoms with Gasteiger partial charge in [0.2, 0.25) is 0 Å². The summed E-state index contributed by atoms with van der Waals surface area (Å²) in [7, 11) is 0. The summed E-state index contributed by atoms with van der Waals surface area (Å²) in [6, 6.07) is 6.59. The number of fused-ring (bicyclic) bond motifs is 1. The Kier molecular flexibility index (Phi) is 5.27. The molecular formula is C21H19F4N5. The minimum absolute atomic E-state index is 0.0517. The van der Waals surface area contributed by atoms with Crippen molar-refractivity contribution >= 4 is 11.6 Å². The summed E-state index contributed by atoms with van der Waals surface area (Å²) < 4.78 is 53.1. The van der Waals surface area contributed by atoms with Gasteiger partial charge < -0.3 is 10.2 Å². The van der Waals surface area contributed by atoms with Gasteiger partial charge in [-0.05, 0) is 36.2 Å². The van der Waals surface area contributed by atoms with Crippen molar-refractivity contribution in [3.05, 3.63) is 76.6 Å². The number of hydrogen-bond donors (Lipinski definition) is 1. The van der Waals surface area contributed by atoms with E-state index in [1.165, 1.54) is 6.33 Å². The molecule has 3 aromatic rings. The van der Waals surface area contributed by atoms with Gasteiger partial charge in [-0.25, -0.2) is 19.3 Å². The fourth-order valence-corrected chi connectivity index (χ4v) is 3.48. The van der Waals surface area contributed by atoms with Crippen molar-refractivity contribution in [3.8, 4) is 0 Å². The lowest BCUT2D eigenvalue weighted by molar-refractivity contribution is -0.138. The number of halogens is 4. The van der Waals surface area contributed by atoms with Crippen molar-refractivity contribution in [2.75, 3.05) is 16.8 Å². The summed E-state index contributed by atoms with van der Waals surface area (Å²) in [4.78, 5) is 15.1. The van der Waals surface area contributed by atoms with Crippen LogP contribution in [0.4, 0.5) is 29.2 Å². The third kappa shape index (κ3) is 4.19. The molecule has 1 N–H and O–H groups in total. The predicted octanol–water partition coefficient (Wildman–Crippen LogP) is 4.51. The molecule has 1 aliphatic heterocycles. The monoisotopic (exact) mass is 417 g/mol. The van der Waals surface area contributed by atoms with Crippen LogP contribution in [0.15, 0.2) is 42.9 Å². The molecule has 0 bridgehead atoms. The number of nitrogens with zero attached hydrogens (tertiary/aromatic N) is 4. The van der Waals surface area contributed by atoms with E-state index >= 15 is 0 Å². The summed E-state index contributed by atoms with van der Waals surface area (Å²) in [6.45, 7) is 3.05. The normalized spacial score (nSPS) is 13.8. The van der Waals surface area contributed by atoms with Crippen LogP contribution < -0.4 is 10.2 Å². The van der Waals surface area contributed by atoms with Gasteiger partial charge in [0.05, 0.1) is 11.3 Å². The highest BCUT2D eigenvalue weighted by atomic mass is 19.4. The van der Waals surface area contributed by atoms with Gasteiger partial charge in [-0.1, -0.05) is 12.1 Å². The first-order chi connectivity index (χ1) is 14.3. The fourth-order valence-electron chi connectivity index (χ4n) is 3.48. The second-order valence-corrected chi connectivity index (χ2v) is 7.17. The maximum atomic E-state index is 13.3. The molecule has 156 valence electrons. The molecular weight excluding hydrogens is 398 g/mol. The van der Waals surface area contributed by atoms with Crippen molar-refractivity contribution in [2.45, 2.75) is 32.6 Å². The molecule has 0 fully saturated rings. The van der Waals surface area contributed by atoms with Crippen LogP contribution in [0, 0.1) is 12.7 Å². The number of hydrogen-bond acceptors (Lipinski definition) is 5. The van der Waals surface area contributed by atoms with Crippen molar-refractivity contribution in [2.24, 2.45) is 0 Å². The molecule has 5 nitrogen and oxygen atoms in total. The van der Waals surface area contributed by atoms with Crippen LogP contribution in [0.25, 0.3) is 0 Å². The van der Waals surface area contributed by atoms with Gasteiger partial charge in [-0.2, -0.15) is 13.2 Å². The Labute approximate surface area is 170 Å². The van der Waals surface area contributed by atoms with E-state index in [0.29, 0.717) is 24.8 Å². The minimum Gasteiger partial charge on any atom is -0.366 e. The topological polar surface area (TPSA) is 53.9 Å². The van der Waals surface area contributed by atoms with Gasteiger partial charge in [0.25, 0.3) is 0 Å². The molecule has 0 atom stereocenters. The molecule has 9 heteroatoms. The minimum atomic E-state index is -4.64. The molecule has 0 saturated heterocycles. The summed E-state index contributed by atoms with van der Waals surface area (Å²) in [5.74, 6) is 0.361. The molecule has 0 unspecified atom stereocenters. The van der Waals surface area contributed by atoms with E-state index in [2.05, 4.69) is 25.2 Å². The molecule has 0 radical (unpaired) electrons. The molecule has 0 amide bonds. The molecule has 30 heavy (non-hydrogen) atoms. The highest BCUT2D eigenvalue weighted by Gasteiger charge is 2.33. The summed E-state index contributed by atoms with van der Waals surface area (Å²) in [6.07, 6.45) is -0.778. The Bertz CT molecular complexity index is 1050. The van der Waals surface area contributed by atoms with Gasteiger partial charge in [0.1, 0.15) is 23.8 Å². The SMILES string of the molecule is Cc1ccc(N2CCc3ncnc(NCc4ccc(F)cc4C(F)(F)F)c3C2)nc1. The summed E-state index contributed by atoms with van der Waals surface area (Å²) in [5.41, 5.74) is 1.68. The smallest absolute Gasteiger partial charge is 0.366 e. The lowest BCUT2D eigenvalue weighted by Crippen LogP contribution is -2.32. The summed E-state index contributed by atoms with van der Waals surface area (Å²) >= 11 is 0. The van der Waals surface area contributed by atoms with E-state index in [1.54, 1.807) is 6.20 Å². The lowest BCUT2D eigenvalue weighted by Gasteiger charge is -2.30. The molecule has 4 rings (SSSR count). The Morgan fingerprint density at radius 2 is 1.93 bits per heavy atom. The third-order valence-corrected chi connectivity index (χ3v) is 5.05. The van der Waals surface area contributed by atoms with E-state index in [1.807, 2.05) is 19.1 Å². The van der Waals surface area contributed by atoms with Gasteiger partial charge in [0, 0.05) is 37.8 Å². The Hall–Kier alpha value is -3.23. The van der Waals surface area contributed by atoms with Gasteiger partial charge in [-0.15, -0.1) is 0 Å². The number of aryl methyl sites for hydroxylation is 1. The fraction of sp³-hybridized carbons (Fsp3) is 0.286. The van der Waals surface area contributed by atoms with Crippen LogP contribution in [0.5, 0.6) is 0 Å². The van der Waals surface area contributed by atoms with Crippen LogP contribution in [-0.4, -0.2) is 21.5 Å². The van der Waals surface area contributed by atoms with E-state index in [9.17, 15) is 17.6 Å². The van der Waals surface area contributed by atoms with Gasteiger partial charge >= 0.3 is 6.18 Å². The van der Waals surface area contributed by atoms with Crippen LogP contribution in [0.2, 0.25) is 0 Å². The highest BCUT2D eigenvalue weighted by molar-refractivity contribution is 5.52. The molecule has 3 heterocycles. The number of anilines is 2. The van der Waals surface area contributed by atoms with Crippen molar-refractivity contribution in [1.82, 2.24) is 15.0 Å². The van der Waals surface area contributed by atoms with Crippen LogP contribution in [-0.2, 0) is 25.7 Å². The molecule has 1 aromatic carbocycles. The van der Waals surface area contributed by atoms with E-state index in [0.717, 1.165) is 41.3 Å². The second kappa shape index (κ2) is 7.89. The van der Waals surface area contributed by atoms with Crippen molar-refractivity contribution in [3.63, 3.8) is 0 Å². The molecule has 0 aliphatic carbocycles.